The van der Waals surface area contributed by atoms with E-state index in [2.05, 4.69) is 6.92 Å². The van der Waals surface area contributed by atoms with Gasteiger partial charge in [0.15, 0.2) is 0 Å². The first kappa shape index (κ1) is 18.7. The Morgan fingerprint density at radius 2 is 1.43 bits per heavy atom. The number of primary amides is 2. The van der Waals surface area contributed by atoms with Gasteiger partial charge < -0.3 is 21.7 Å². The summed E-state index contributed by atoms with van der Waals surface area (Å²) in [6.45, 7) is 2.90. The van der Waals surface area contributed by atoms with Crippen molar-refractivity contribution in [1.82, 2.24) is 9.80 Å². The second kappa shape index (κ2) is 8.35. The molecule has 23 heavy (non-hydrogen) atoms. The van der Waals surface area contributed by atoms with Gasteiger partial charge in [-0.3, -0.25) is 9.80 Å². The first-order chi connectivity index (χ1) is 10.9. The van der Waals surface area contributed by atoms with E-state index in [0.717, 1.165) is 9.80 Å². The average molecular weight is 323 g/mol. The molecule has 127 valence electrons. The predicted molar refractivity (Wildman–Crippen MR) is 84.8 cm³/mol. The Morgan fingerprint density at radius 3 is 1.74 bits per heavy atom. The zero-order valence-corrected chi connectivity index (χ0v) is 12.9. The van der Waals surface area contributed by atoms with Crippen LogP contribution in [0, 0.1) is 6.92 Å². The molecule has 1 radical (unpaired) electrons. The van der Waals surface area contributed by atoms with Gasteiger partial charge in [0.05, 0.1) is 13.2 Å². The van der Waals surface area contributed by atoms with E-state index in [1.54, 1.807) is 30.3 Å². The fraction of sp³-hybridized carbons (Fsp3) is 0.400. The van der Waals surface area contributed by atoms with Crippen LogP contribution in [0.1, 0.15) is 12.0 Å². The highest BCUT2D eigenvalue weighted by molar-refractivity contribution is 5.77. The van der Waals surface area contributed by atoms with Crippen LogP contribution >= 0.6 is 0 Å². The number of nitrogens with zero attached hydrogens (tertiary/aromatic N) is 2. The topological polar surface area (TPSA) is 133 Å². The lowest BCUT2D eigenvalue weighted by molar-refractivity contribution is -0.0193. The molecule has 4 amide bonds. The normalized spacial score (nSPS) is 11.1. The Labute approximate surface area is 135 Å². The van der Waals surface area contributed by atoms with Crippen LogP contribution in [0.25, 0.3) is 0 Å². The number of rotatable bonds is 8. The number of carbonyl (C=O) groups is 2. The van der Waals surface area contributed by atoms with Gasteiger partial charge in [-0.15, -0.1) is 0 Å². The predicted octanol–water partition coefficient (Wildman–Crippen LogP) is -0.190. The molecule has 1 rings (SSSR count). The van der Waals surface area contributed by atoms with Gasteiger partial charge in [0.2, 0.25) is 0 Å². The lowest BCUT2D eigenvalue weighted by atomic mass is 9.92. The van der Waals surface area contributed by atoms with Crippen molar-refractivity contribution in [3.63, 3.8) is 0 Å². The largest absolute Gasteiger partial charge is 0.395 e. The van der Waals surface area contributed by atoms with E-state index < -0.39 is 17.7 Å². The molecule has 0 aromatic heterocycles. The Hall–Kier alpha value is -2.32. The number of hydrogen-bond acceptors (Lipinski definition) is 4. The SMILES string of the molecule is [CH2]CC(c1ccccc1)(N(CCO)C(N)=O)N(CCO)C(N)=O. The first-order valence-corrected chi connectivity index (χ1v) is 7.16. The van der Waals surface area contributed by atoms with E-state index in [9.17, 15) is 19.8 Å². The first-order valence-electron chi connectivity index (χ1n) is 7.16. The molecule has 0 aliphatic heterocycles. The van der Waals surface area contributed by atoms with Crippen LogP contribution in [0.5, 0.6) is 0 Å². The molecule has 0 atom stereocenters. The molecule has 0 aliphatic carbocycles. The Balaban J connectivity index is 3.60. The monoisotopic (exact) mass is 323 g/mol. The molecule has 0 saturated heterocycles. The summed E-state index contributed by atoms with van der Waals surface area (Å²) in [5, 5.41) is 18.6. The van der Waals surface area contributed by atoms with Gasteiger partial charge in [-0.25, -0.2) is 9.59 Å². The van der Waals surface area contributed by atoms with E-state index in [-0.39, 0.29) is 32.7 Å². The van der Waals surface area contributed by atoms with Gasteiger partial charge in [-0.05, 0) is 18.9 Å². The molecule has 8 nitrogen and oxygen atoms in total. The third-order valence-corrected chi connectivity index (χ3v) is 3.66. The van der Waals surface area contributed by atoms with Gasteiger partial charge in [-0.1, -0.05) is 30.3 Å². The molecule has 0 heterocycles. The number of aliphatic hydroxyl groups is 2. The van der Waals surface area contributed by atoms with Crippen LogP contribution in [-0.4, -0.2) is 58.4 Å². The minimum atomic E-state index is -1.40. The Morgan fingerprint density at radius 1 is 1.00 bits per heavy atom. The highest BCUT2D eigenvalue weighted by atomic mass is 16.3. The summed E-state index contributed by atoms with van der Waals surface area (Å²) in [6.07, 6.45) is 0.0306. The molecule has 0 bridgehead atoms. The summed E-state index contributed by atoms with van der Waals surface area (Å²) >= 11 is 0. The molecule has 6 N–H and O–H groups in total. The third-order valence-electron chi connectivity index (χ3n) is 3.66. The van der Waals surface area contributed by atoms with Crippen molar-refractivity contribution in [3.05, 3.63) is 42.8 Å². The summed E-state index contributed by atoms with van der Waals surface area (Å²) in [4.78, 5) is 26.2. The summed E-state index contributed by atoms with van der Waals surface area (Å²) in [7, 11) is 0. The third kappa shape index (κ3) is 3.72. The van der Waals surface area contributed by atoms with E-state index >= 15 is 0 Å². The van der Waals surface area contributed by atoms with Crippen LogP contribution in [-0.2, 0) is 5.66 Å². The van der Waals surface area contributed by atoms with Gasteiger partial charge in [0, 0.05) is 13.1 Å². The molecule has 0 spiro atoms. The number of nitrogens with two attached hydrogens (primary N) is 2. The maximum absolute atomic E-state index is 12.0. The summed E-state index contributed by atoms with van der Waals surface area (Å²) in [6, 6.07) is 6.97. The van der Waals surface area contributed by atoms with E-state index in [1.165, 1.54) is 0 Å². The van der Waals surface area contributed by atoms with Crippen LogP contribution < -0.4 is 11.5 Å². The Bertz CT molecular complexity index is 499. The fourth-order valence-corrected chi connectivity index (χ4v) is 2.73. The highest BCUT2D eigenvalue weighted by Crippen LogP contribution is 2.35. The van der Waals surface area contributed by atoms with Crippen LogP contribution in [0.15, 0.2) is 30.3 Å². The van der Waals surface area contributed by atoms with E-state index in [1.807, 2.05) is 0 Å². The number of aliphatic hydroxyl groups excluding tert-OH is 2. The van der Waals surface area contributed by atoms with Crippen LogP contribution in [0.3, 0.4) is 0 Å². The number of benzene rings is 1. The summed E-state index contributed by atoms with van der Waals surface area (Å²) < 4.78 is 0. The molecule has 0 unspecified atom stereocenters. The quantitative estimate of drug-likeness (QED) is 0.493. The van der Waals surface area contributed by atoms with Gasteiger partial charge in [-0.2, -0.15) is 0 Å². The van der Waals surface area contributed by atoms with Crippen molar-refractivity contribution in [2.24, 2.45) is 11.5 Å². The second-order valence-corrected chi connectivity index (χ2v) is 4.86. The molecule has 0 aliphatic rings. The minimum Gasteiger partial charge on any atom is -0.395 e. The van der Waals surface area contributed by atoms with Crippen molar-refractivity contribution >= 4 is 12.1 Å². The van der Waals surface area contributed by atoms with Gasteiger partial charge >= 0.3 is 12.1 Å². The summed E-state index contributed by atoms with van der Waals surface area (Å²) in [5.41, 5.74) is 10.1. The fourth-order valence-electron chi connectivity index (χ4n) is 2.73. The van der Waals surface area contributed by atoms with Gasteiger partial charge in [0.1, 0.15) is 5.66 Å². The van der Waals surface area contributed by atoms with Crippen molar-refractivity contribution in [2.45, 2.75) is 12.1 Å². The molecule has 8 heteroatoms. The smallest absolute Gasteiger partial charge is 0.317 e. The lowest BCUT2D eigenvalue weighted by Crippen LogP contribution is -2.64. The van der Waals surface area contributed by atoms with E-state index in [0.29, 0.717) is 5.56 Å². The average Bonchev–Trinajstić information content (AvgIpc) is 2.54. The molecule has 1 aromatic rings. The maximum atomic E-state index is 12.0. The minimum absolute atomic E-state index is 0.0306. The van der Waals surface area contributed by atoms with Crippen molar-refractivity contribution in [1.29, 1.82) is 0 Å². The number of urea groups is 2. The highest BCUT2D eigenvalue weighted by Gasteiger charge is 2.45. The number of hydrogen-bond donors (Lipinski definition) is 4. The second-order valence-electron chi connectivity index (χ2n) is 4.86. The standard InChI is InChI=1S/C15H23N4O4/c1-2-15(12-6-4-3-5-7-12,18(8-10-20)13(16)22)19(9-11-21)14(17)23/h3-7,20-21H,1-2,8-11H2,(H2,16,22)(H2,17,23). The molecule has 0 saturated carbocycles. The molecular formula is C15H23N4O4. The molecule has 1 aromatic carbocycles. The zero-order chi connectivity index (χ0) is 17.5. The lowest BCUT2D eigenvalue weighted by Gasteiger charge is -2.49. The molecule has 0 fully saturated rings. The van der Waals surface area contributed by atoms with Crippen molar-refractivity contribution in [2.75, 3.05) is 26.3 Å². The van der Waals surface area contributed by atoms with Crippen molar-refractivity contribution in [3.8, 4) is 0 Å². The van der Waals surface area contributed by atoms with Crippen LogP contribution in [0.4, 0.5) is 9.59 Å². The number of carbonyl (C=O) groups excluding carboxylic acids is 2. The van der Waals surface area contributed by atoms with E-state index in [4.69, 9.17) is 11.5 Å². The Kier molecular flexibility index (Phi) is 6.80. The zero-order valence-electron chi connectivity index (χ0n) is 12.9. The number of amides is 4. The maximum Gasteiger partial charge on any atom is 0.317 e. The van der Waals surface area contributed by atoms with Crippen molar-refractivity contribution < 1.29 is 19.8 Å². The van der Waals surface area contributed by atoms with Crippen LogP contribution in [0.2, 0.25) is 0 Å². The van der Waals surface area contributed by atoms with Gasteiger partial charge in [0.25, 0.3) is 0 Å². The molecular weight excluding hydrogens is 300 g/mol. The summed E-state index contributed by atoms with van der Waals surface area (Å²) in [5.74, 6) is 0.